The SMILES string of the molecule is C[SiH2]OCC(N(C)C(=O)c1ccccc1)N(C)C(=O)c1ccccc1. The minimum atomic E-state index is -0.643. The molecule has 0 radical (unpaired) electrons. The van der Waals surface area contributed by atoms with Gasteiger partial charge in [0.25, 0.3) is 11.8 Å². The van der Waals surface area contributed by atoms with E-state index in [1.807, 2.05) is 42.9 Å². The van der Waals surface area contributed by atoms with Crippen LogP contribution in [0.5, 0.6) is 0 Å². The number of amides is 2. The van der Waals surface area contributed by atoms with Gasteiger partial charge in [0.05, 0.1) is 6.61 Å². The Balaban J connectivity index is 2.22. The molecule has 0 aliphatic rings. The van der Waals surface area contributed by atoms with Crippen LogP contribution in [0.3, 0.4) is 0 Å². The second-order valence-corrected chi connectivity index (χ2v) is 6.69. The van der Waals surface area contributed by atoms with E-state index in [1.165, 1.54) is 0 Å². The zero-order chi connectivity index (χ0) is 18.2. The Bertz CT molecular complexity index is 637. The topological polar surface area (TPSA) is 49.9 Å². The predicted octanol–water partition coefficient (Wildman–Crippen LogP) is 2.01. The average molecular weight is 356 g/mol. The van der Waals surface area contributed by atoms with Gasteiger partial charge in [-0.15, -0.1) is 0 Å². The molecule has 0 aliphatic carbocycles. The fraction of sp³-hybridized carbons (Fsp3) is 0.263. The van der Waals surface area contributed by atoms with Crippen LogP contribution < -0.4 is 0 Å². The van der Waals surface area contributed by atoms with E-state index in [9.17, 15) is 9.59 Å². The number of hydrogen-bond acceptors (Lipinski definition) is 3. The second-order valence-electron chi connectivity index (χ2n) is 5.70. The van der Waals surface area contributed by atoms with Gasteiger partial charge in [-0.2, -0.15) is 0 Å². The first-order valence-electron chi connectivity index (χ1n) is 8.28. The standard InChI is InChI=1S/C19H24N2O3Si/c1-20(18(22)15-10-6-4-7-11-15)17(14-24-25-3)21(2)19(23)16-12-8-5-9-13-16/h4-13,17H,14,25H2,1-3H3. The van der Waals surface area contributed by atoms with Crippen LogP contribution in [0.4, 0.5) is 0 Å². The second kappa shape index (κ2) is 9.15. The van der Waals surface area contributed by atoms with E-state index in [0.717, 1.165) is 0 Å². The summed E-state index contributed by atoms with van der Waals surface area (Å²) >= 11 is 0. The Morgan fingerprint density at radius 3 is 1.64 bits per heavy atom. The zero-order valence-corrected chi connectivity index (χ0v) is 16.3. The lowest BCUT2D eigenvalue weighted by Crippen LogP contribution is -2.52. The Hall–Kier alpha value is -2.44. The summed E-state index contributed by atoms with van der Waals surface area (Å²) in [6.07, 6.45) is -0.465. The molecular formula is C19H24N2O3Si. The first kappa shape index (κ1) is 18.9. The maximum absolute atomic E-state index is 12.8. The van der Waals surface area contributed by atoms with E-state index in [4.69, 9.17) is 4.43 Å². The number of carbonyl (C=O) groups is 2. The maximum atomic E-state index is 12.8. The van der Waals surface area contributed by atoms with Crippen LogP contribution in [0.1, 0.15) is 20.7 Å². The van der Waals surface area contributed by atoms with Gasteiger partial charge in [-0.05, 0) is 24.3 Å². The van der Waals surface area contributed by atoms with Crippen LogP contribution in [-0.2, 0) is 4.43 Å². The van der Waals surface area contributed by atoms with Crippen LogP contribution in [0, 0.1) is 0 Å². The number of nitrogens with zero attached hydrogens (tertiary/aromatic N) is 2. The molecule has 0 unspecified atom stereocenters. The number of benzene rings is 2. The molecule has 132 valence electrons. The van der Waals surface area contributed by atoms with Crippen molar-refractivity contribution >= 4 is 21.6 Å². The third-order valence-electron chi connectivity index (χ3n) is 4.05. The molecule has 0 aliphatic heterocycles. The number of rotatable bonds is 7. The molecular weight excluding hydrogens is 332 g/mol. The number of carbonyl (C=O) groups excluding carboxylic acids is 2. The highest BCUT2D eigenvalue weighted by Gasteiger charge is 2.28. The van der Waals surface area contributed by atoms with E-state index >= 15 is 0 Å². The van der Waals surface area contributed by atoms with Crippen LogP contribution >= 0.6 is 0 Å². The van der Waals surface area contributed by atoms with Gasteiger partial charge >= 0.3 is 0 Å². The summed E-state index contributed by atoms with van der Waals surface area (Å²) in [7, 11) is 2.76. The third-order valence-corrected chi connectivity index (χ3v) is 4.69. The molecule has 0 heterocycles. The lowest BCUT2D eigenvalue weighted by Gasteiger charge is -2.35. The molecule has 0 spiro atoms. The smallest absolute Gasteiger partial charge is 0.255 e. The van der Waals surface area contributed by atoms with E-state index in [0.29, 0.717) is 17.7 Å². The molecule has 6 heteroatoms. The zero-order valence-electron chi connectivity index (χ0n) is 14.9. The van der Waals surface area contributed by atoms with Crippen molar-refractivity contribution in [3.63, 3.8) is 0 Å². The van der Waals surface area contributed by atoms with Crippen molar-refractivity contribution in [3.8, 4) is 0 Å². The summed E-state index contributed by atoms with van der Waals surface area (Å²) in [4.78, 5) is 28.7. The minimum Gasteiger partial charge on any atom is -0.420 e. The summed E-state index contributed by atoms with van der Waals surface area (Å²) < 4.78 is 5.66. The molecule has 25 heavy (non-hydrogen) atoms. The summed E-state index contributed by atoms with van der Waals surface area (Å²) in [5, 5.41) is 0. The van der Waals surface area contributed by atoms with Crippen LogP contribution in [0.15, 0.2) is 60.7 Å². The number of likely N-dealkylation sites (N-methyl/N-ethyl adjacent to an activating group) is 2. The molecule has 0 fully saturated rings. The van der Waals surface area contributed by atoms with Gasteiger partial charge in [-0.3, -0.25) is 9.59 Å². The summed E-state index contributed by atoms with van der Waals surface area (Å²) in [6.45, 7) is 2.34. The lowest BCUT2D eigenvalue weighted by molar-refractivity contribution is 0.0278. The normalized spacial score (nSPS) is 11.0. The molecule has 0 saturated heterocycles. The Morgan fingerprint density at radius 2 is 1.28 bits per heavy atom. The predicted molar refractivity (Wildman–Crippen MR) is 101 cm³/mol. The number of hydrogen-bond donors (Lipinski definition) is 0. The fourth-order valence-electron chi connectivity index (χ4n) is 2.55. The Labute approximate surface area is 151 Å². The van der Waals surface area contributed by atoms with Crippen LogP contribution in [-0.4, -0.2) is 58.2 Å². The van der Waals surface area contributed by atoms with E-state index < -0.39 is 15.9 Å². The molecule has 2 amide bonds. The summed E-state index contributed by atoms with van der Waals surface area (Å²) in [6, 6.07) is 18.1. The monoisotopic (exact) mass is 356 g/mol. The minimum absolute atomic E-state index is 0.139. The van der Waals surface area contributed by atoms with Crippen molar-refractivity contribution in [1.29, 1.82) is 0 Å². The van der Waals surface area contributed by atoms with Crippen molar-refractivity contribution in [2.24, 2.45) is 0 Å². The van der Waals surface area contributed by atoms with Crippen molar-refractivity contribution in [2.75, 3.05) is 20.7 Å². The Kier molecular flexibility index (Phi) is 6.91. The van der Waals surface area contributed by atoms with E-state index in [-0.39, 0.29) is 11.8 Å². The Morgan fingerprint density at radius 1 is 0.880 bits per heavy atom. The third kappa shape index (κ3) is 4.77. The van der Waals surface area contributed by atoms with Crippen molar-refractivity contribution in [1.82, 2.24) is 9.80 Å². The fourth-order valence-corrected chi connectivity index (χ4v) is 2.99. The van der Waals surface area contributed by atoms with Crippen molar-refractivity contribution in [2.45, 2.75) is 12.7 Å². The van der Waals surface area contributed by atoms with Crippen LogP contribution in [0.2, 0.25) is 6.55 Å². The van der Waals surface area contributed by atoms with E-state index in [2.05, 4.69) is 0 Å². The highest BCUT2D eigenvalue weighted by Crippen LogP contribution is 2.13. The van der Waals surface area contributed by atoms with Gasteiger partial charge in [0, 0.05) is 25.2 Å². The van der Waals surface area contributed by atoms with Crippen molar-refractivity contribution < 1.29 is 14.0 Å². The molecule has 0 saturated carbocycles. The quantitative estimate of drug-likeness (QED) is 0.563. The van der Waals surface area contributed by atoms with Gasteiger partial charge in [0.2, 0.25) is 0 Å². The van der Waals surface area contributed by atoms with Gasteiger partial charge < -0.3 is 14.2 Å². The first-order valence-corrected chi connectivity index (χ1v) is 10.3. The molecule has 0 atom stereocenters. The van der Waals surface area contributed by atoms with Crippen molar-refractivity contribution in [3.05, 3.63) is 71.8 Å². The molecule has 0 bridgehead atoms. The van der Waals surface area contributed by atoms with Gasteiger partial charge in [0.1, 0.15) is 6.17 Å². The first-order chi connectivity index (χ1) is 12.1. The molecule has 2 aromatic rings. The average Bonchev–Trinajstić information content (AvgIpc) is 2.68. The van der Waals surface area contributed by atoms with Crippen LogP contribution in [0.25, 0.3) is 0 Å². The largest absolute Gasteiger partial charge is 0.420 e. The molecule has 5 nitrogen and oxygen atoms in total. The summed E-state index contributed by atoms with van der Waals surface area (Å²) in [5.41, 5.74) is 1.17. The summed E-state index contributed by atoms with van der Waals surface area (Å²) in [5.74, 6) is -0.278. The lowest BCUT2D eigenvalue weighted by atomic mass is 10.1. The molecule has 2 rings (SSSR count). The van der Waals surface area contributed by atoms with E-state index in [1.54, 1.807) is 48.2 Å². The highest BCUT2D eigenvalue weighted by atomic mass is 28.2. The van der Waals surface area contributed by atoms with Gasteiger partial charge in [0.15, 0.2) is 9.76 Å². The molecule has 0 N–H and O–H groups in total. The highest BCUT2D eigenvalue weighted by molar-refractivity contribution is 6.24. The molecule has 2 aromatic carbocycles. The van der Waals surface area contributed by atoms with Gasteiger partial charge in [-0.1, -0.05) is 42.9 Å². The maximum Gasteiger partial charge on any atom is 0.255 e. The van der Waals surface area contributed by atoms with Gasteiger partial charge in [-0.25, -0.2) is 0 Å². The molecule has 0 aromatic heterocycles.